The van der Waals surface area contributed by atoms with Crippen LogP contribution in [0.5, 0.6) is 5.75 Å². The molecule has 2 N–H and O–H groups in total. The van der Waals surface area contributed by atoms with Gasteiger partial charge in [-0.15, -0.1) is 12.4 Å². The number of ether oxygens (including phenoxy) is 1. The monoisotopic (exact) mass is 320 g/mol. The number of nitrogens with two attached hydrogens (primary N) is 1. The lowest BCUT2D eigenvalue weighted by Crippen LogP contribution is -2.28. The number of likely N-dealkylation sites (tertiary alicyclic amines) is 1. The molecule has 1 fully saturated rings. The first-order valence-electron chi connectivity index (χ1n) is 6.89. The Morgan fingerprint density at radius 2 is 1.90 bits per heavy atom. The fraction of sp³-hybridized carbons (Fsp3) is 0.600. The van der Waals surface area contributed by atoms with E-state index < -0.39 is 6.61 Å². The number of rotatable bonds is 4. The van der Waals surface area contributed by atoms with Crippen LogP contribution in [0.4, 0.5) is 8.78 Å². The lowest BCUT2D eigenvalue weighted by Gasteiger charge is -2.19. The van der Waals surface area contributed by atoms with Crippen molar-refractivity contribution in [2.24, 2.45) is 11.7 Å². The summed E-state index contributed by atoms with van der Waals surface area (Å²) in [5.74, 6) is 0.706. The summed E-state index contributed by atoms with van der Waals surface area (Å²) in [4.78, 5) is 2.19. The second kappa shape index (κ2) is 7.38. The Morgan fingerprint density at radius 1 is 1.29 bits per heavy atom. The Hall–Kier alpha value is -0.910. The summed E-state index contributed by atoms with van der Waals surface area (Å²) in [5, 5.41) is 0. The third-order valence-electron chi connectivity index (χ3n) is 4.03. The van der Waals surface area contributed by atoms with E-state index in [4.69, 9.17) is 5.73 Å². The van der Waals surface area contributed by atoms with E-state index in [0.29, 0.717) is 12.5 Å². The maximum absolute atomic E-state index is 12.5. The zero-order valence-electron chi connectivity index (χ0n) is 12.6. The molecule has 120 valence electrons. The second-order valence-electron chi connectivity index (χ2n) is 5.76. The van der Waals surface area contributed by atoms with Crippen LogP contribution in [0.3, 0.4) is 0 Å². The second-order valence-corrected chi connectivity index (χ2v) is 5.76. The van der Waals surface area contributed by atoms with Gasteiger partial charge in [-0.2, -0.15) is 8.78 Å². The first kappa shape index (κ1) is 18.1. The Labute approximate surface area is 130 Å². The number of benzene rings is 1. The molecule has 1 aliphatic heterocycles. The summed E-state index contributed by atoms with van der Waals surface area (Å²) in [6, 6.07) is 3.78. The molecule has 0 bridgehead atoms. The molecular weight excluding hydrogens is 298 g/mol. The van der Waals surface area contributed by atoms with Gasteiger partial charge in [0, 0.05) is 31.2 Å². The van der Waals surface area contributed by atoms with Gasteiger partial charge in [-0.1, -0.05) is 13.0 Å². The summed E-state index contributed by atoms with van der Waals surface area (Å²) >= 11 is 0. The van der Waals surface area contributed by atoms with Gasteiger partial charge >= 0.3 is 6.61 Å². The van der Waals surface area contributed by atoms with Crippen LogP contribution in [0.1, 0.15) is 23.6 Å². The first-order valence-corrected chi connectivity index (χ1v) is 6.89. The van der Waals surface area contributed by atoms with Gasteiger partial charge in [-0.3, -0.25) is 4.90 Å². The summed E-state index contributed by atoms with van der Waals surface area (Å²) in [6.07, 6.45) is 0. The molecule has 0 aromatic heterocycles. The summed E-state index contributed by atoms with van der Waals surface area (Å²) in [6.45, 7) is 5.47. The van der Waals surface area contributed by atoms with Crippen molar-refractivity contribution in [1.29, 1.82) is 0 Å². The maximum atomic E-state index is 12.5. The van der Waals surface area contributed by atoms with Crippen LogP contribution in [0, 0.1) is 19.8 Å². The van der Waals surface area contributed by atoms with Crippen molar-refractivity contribution in [3.63, 3.8) is 0 Å². The quantitative estimate of drug-likeness (QED) is 0.926. The topological polar surface area (TPSA) is 38.5 Å². The van der Waals surface area contributed by atoms with Crippen molar-refractivity contribution in [3.8, 4) is 5.75 Å². The first-order chi connectivity index (χ1) is 9.36. The average Bonchev–Trinajstić information content (AvgIpc) is 2.64. The number of nitrogens with zero attached hydrogens (tertiary/aromatic N) is 1. The SMILES string of the molecule is Cc1cc(CN2CC(C)C(N)C2)c(OC(F)F)cc1C.Cl. The summed E-state index contributed by atoms with van der Waals surface area (Å²) < 4.78 is 29.7. The van der Waals surface area contributed by atoms with Crippen LogP contribution in [-0.2, 0) is 6.54 Å². The summed E-state index contributed by atoms with van der Waals surface area (Å²) in [5.41, 5.74) is 8.84. The number of halogens is 3. The largest absolute Gasteiger partial charge is 0.434 e. The highest BCUT2D eigenvalue weighted by atomic mass is 35.5. The zero-order chi connectivity index (χ0) is 14.9. The number of hydrogen-bond donors (Lipinski definition) is 1. The number of aryl methyl sites for hydroxylation is 2. The Morgan fingerprint density at radius 3 is 2.43 bits per heavy atom. The van der Waals surface area contributed by atoms with E-state index in [1.54, 1.807) is 6.07 Å². The van der Waals surface area contributed by atoms with Gasteiger partial charge in [0.1, 0.15) is 5.75 Å². The van der Waals surface area contributed by atoms with Crippen LogP contribution in [0.15, 0.2) is 12.1 Å². The Bertz CT molecular complexity index is 475. The van der Waals surface area contributed by atoms with Crippen molar-refractivity contribution >= 4 is 12.4 Å². The highest BCUT2D eigenvalue weighted by Gasteiger charge is 2.27. The van der Waals surface area contributed by atoms with Crippen molar-refractivity contribution in [3.05, 3.63) is 28.8 Å². The van der Waals surface area contributed by atoms with Gasteiger partial charge in [-0.05, 0) is 37.0 Å². The van der Waals surface area contributed by atoms with Crippen molar-refractivity contribution < 1.29 is 13.5 Å². The van der Waals surface area contributed by atoms with Crippen LogP contribution in [-0.4, -0.2) is 30.6 Å². The van der Waals surface area contributed by atoms with Gasteiger partial charge in [-0.25, -0.2) is 0 Å². The fourth-order valence-corrected chi connectivity index (χ4v) is 2.64. The van der Waals surface area contributed by atoms with E-state index in [0.717, 1.165) is 29.8 Å². The Kier molecular flexibility index (Phi) is 6.38. The molecule has 0 amide bonds. The predicted octanol–water partition coefficient (Wildman–Crippen LogP) is 3.11. The molecule has 3 nitrogen and oxygen atoms in total. The fourth-order valence-electron chi connectivity index (χ4n) is 2.64. The molecule has 1 heterocycles. The van der Waals surface area contributed by atoms with Crippen molar-refractivity contribution in [1.82, 2.24) is 4.90 Å². The standard InChI is InChI=1S/C15H22F2N2O.ClH/c1-9-4-12(7-19-6-11(3)13(18)8-19)14(5-10(9)2)20-15(16)17;/h4-5,11,13,15H,6-8,18H2,1-3H3;1H. The van der Waals surface area contributed by atoms with Crippen LogP contribution >= 0.6 is 12.4 Å². The van der Waals surface area contributed by atoms with E-state index in [1.807, 2.05) is 19.9 Å². The van der Waals surface area contributed by atoms with E-state index in [9.17, 15) is 8.78 Å². The molecule has 2 atom stereocenters. The van der Waals surface area contributed by atoms with Gasteiger partial charge < -0.3 is 10.5 Å². The smallest absolute Gasteiger partial charge is 0.387 e. The minimum Gasteiger partial charge on any atom is -0.434 e. The lowest BCUT2D eigenvalue weighted by atomic mass is 10.0. The molecule has 21 heavy (non-hydrogen) atoms. The highest BCUT2D eigenvalue weighted by molar-refractivity contribution is 5.85. The predicted molar refractivity (Wildman–Crippen MR) is 82.2 cm³/mol. The van der Waals surface area contributed by atoms with Gasteiger partial charge in [0.15, 0.2) is 0 Å². The molecular formula is C15H23ClF2N2O. The lowest BCUT2D eigenvalue weighted by molar-refractivity contribution is -0.0507. The highest BCUT2D eigenvalue weighted by Crippen LogP contribution is 2.28. The van der Waals surface area contributed by atoms with E-state index in [-0.39, 0.29) is 24.2 Å². The molecule has 0 aliphatic carbocycles. The van der Waals surface area contributed by atoms with Crippen molar-refractivity contribution in [2.45, 2.75) is 40.0 Å². The Balaban J connectivity index is 0.00000220. The van der Waals surface area contributed by atoms with Crippen LogP contribution in [0.25, 0.3) is 0 Å². The maximum Gasteiger partial charge on any atom is 0.387 e. The molecule has 0 radical (unpaired) electrons. The third kappa shape index (κ3) is 4.53. The normalized spacial score (nSPS) is 22.4. The molecule has 0 saturated carbocycles. The average molecular weight is 321 g/mol. The minimum absolute atomic E-state index is 0. The van der Waals surface area contributed by atoms with E-state index >= 15 is 0 Å². The molecule has 2 unspecified atom stereocenters. The van der Waals surface area contributed by atoms with Gasteiger partial charge in [0.05, 0.1) is 0 Å². The van der Waals surface area contributed by atoms with Crippen molar-refractivity contribution in [2.75, 3.05) is 13.1 Å². The van der Waals surface area contributed by atoms with Gasteiger partial charge in [0.2, 0.25) is 0 Å². The molecule has 1 aromatic carbocycles. The van der Waals surface area contributed by atoms with E-state index in [1.165, 1.54) is 0 Å². The number of hydrogen-bond acceptors (Lipinski definition) is 3. The molecule has 1 aliphatic rings. The molecule has 1 saturated heterocycles. The number of alkyl halides is 2. The minimum atomic E-state index is -2.80. The third-order valence-corrected chi connectivity index (χ3v) is 4.03. The van der Waals surface area contributed by atoms with Crippen LogP contribution in [0.2, 0.25) is 0 Å². The molecule has 6 heteroatoms. The molecule has 2 rings (SSSR count). The van der Waals surface area contributed by atoms with Gasteiger partial charge in [0.25, 0.3) is 0 Å². The summed E-state index contributed by atoms with van der Waals surface area (Å²) in [7, 11) is 0. The van der Waals surface area contributed by atoms with Crippen LogP contribution < -0.4 is 10.5 Å². The molecule has 0 spiro atoms. The van der Waals surface area contributed by atoms with E-state index in [2.05, 4.69) is 16.6 Å². The molecule has 1 aromatic rings. The zero-order valence-corrected chi connectivity index (χ0v) is 13.4.